The summed E-state index contributed by atoms with van der Waals surface area (Å²) in [5.41, 5.74) is 0. The summed E-state index contributed by atoms with van der Waals surface area (Å²) < 4.78 is 16.5. The van der Waals surface area contributed by atoms with Gasteiger partial charge in [0.15, 0.2) is 11.5 Å². The molecule has 0 fully saturated rings. The van der Waals surface area contributed by atoms with Gasteiger partial charge >= 0.3 is 0 Å². The van der Waals surface area contributed by atoms with E-state index in [0.29, 0.717) is 12.8 Å². The van der Waals surface area contributed by atoms with Crippen molar-refractivity contribution >= 4 is 0 Å². The van der Waals surface area contributed by atoms with Gasteiger partial charge in [-0.1, -0.05) is 6.92 Å². The predicted molar refractivity (Wildman–Crippen MR) is 70.4 cm³/mol. The van der Waals surface area contributed by atoms with Crippen LogP contribution in [0.15, 0.2) is 18.2 Å². The Morgan fingerprint density at radius 3 is 2.83 bits per heavy atom. The second kappa shape index (κ2) is 5.96. The molecule has 2 unspecified atom stereocenters. The van der Waals surface area contributed by atoms with E-state index in [1.165, 1.54) is 0 Å². The summed E-state index contributed by atoms with van der Waals surface area (Å²) in [6, 6.07) is 6.15. The Morgan fingerprint density at radius 2 is 2.06 bits per heavy atom. The van der Waals surface area contributed by atoms with Gasteiger partial charge in [-0.3, -0.25) is 0 Å². The van der Waals surface area contributed by atoms with E-state index in [1.54, 1.807) is 0 Å². The van der Waals surface area contributed by atoms with Gasteiger partial charge in [-0.15, -0.1) is 0 Å². The molecule has 18 heavy (non-hydrogen) atoms. The smallest absolute Gasteiger partial charge is 0.231 e. The van der Waals surface area contributed by atoms with Crippen LogP contribution < -0.4 is 19.5 Å². The highest BCUT2D eigenvalue weighted by Crippen LogP contribution is 2.35. The van der Waals surface area contributed by atoms with Crippen molar-refractivity contribution in [3.63, 3.8) is 0 Å². The van der Waals surface area contributed by atoms with Crippen molar-refractivity contribution in [1.82, 2.24) is 5.32 Å². The Labute approximate surface area is 108 Å². The minimum atomic E-state index is 0.166. The highest BCUT2D eigenvalue weighted by Gasteiger charge is 2.15. The Bertz CT molecular complexity index is 395. The summed E-state index contributed by atoms with van der Waals surface area (Å²) in [4.78, 5) is 0. The van der Waals surface area contributed by atoms with Crippen molar-refractivity contribution < 1.29 is 14.2 Å². The summed E-state index contributed by atoms with van der Waals surface area (Å²) >= 11 is 0. The van der Waals surface area contributed by atoms with Crippen LogP contribution in [0.2, 0.25) is 0 Å². The van der Waals surface area contributed by atoms with Gasteiger partial charge in [0.25, 0.3) is 0 Å². The molecule has 0 spiro atoms. The summed E-state index contributed by atoms with van der Waals surface area (Å²) in [5.74, 6) is 2.38. The lowest BCUT2D eigenvalue weighted by molar-refractivity contribution is 0.173. The minimum absolute atomic E-state index is 0.166. The first-order chi connectivity index (χ1) is 8.69. The fraction of sp³-hybridized carbons (Fsp3) is 0.571. The monoisotopic (exact) mass is 251 g/mol. The van der Waals surface area contributed by atoms with E-state index in [0.717, 1.165) is 30.2 Å². The van der Waals surface area contributed by atoms with E-state index < -0.39 is 0 Å². The van der Waals surface area contributed by atoms with E-state index in [4.69, 9.17) is 14.2 Å². The number of ether oxygens (including phenoxy) is 3. The van der Waals surface area contributed by atoms with Crippen molar-refractivity contribution in [2.24, 2.45) is 0 Å². The number of hydrogen-bond acceptors (Lipinski definition) is 4. The molecule has 2 atom stereocenters. The standard InChI is InChI=1S/C14H21NO3/c1-4-15-10(2)7-11(3)18-12-5-6-13-14(8-12)17-9-16-13/h5-6,8,10-11,15H,4,7,9H2,1-3H3. The van der Waals surface area contributed by atoms with E-state index in [1.807, 2.05) is 18.2 Å². The van der Waals surface area contributed by atoms with Gasteiger partial charge in [-0.05, 0) is 38.9 Å². The molecule has 0 saturated carbocycles. The minimum Gasteiger partial charge on any atom is -0.491 e. The quantitative estimate of drug-likeness (QED) is 0.843. The topological polar surface area (TPSA) is 39.7 Å². The first kappa shape index (κ1) is 13.0. The zero-order valence-electron chi connectivity index (χ0n) is 11.2. The Hall–Kier alpha value is -1.42. The average Bonchev–Trinajstić information content (AvgIpc) is 2.76. The third kappa shape index (κ3) is 3.29. The number of fused-ring (bicyclic) bond motifs is 1. The Balaban J connectivity index is 1.89. The van der Waals surface area contributed by atoms with Gasteiger partial charge in [0.2, 0.25) is 6.79 Å². The van der Waals surface area contributed by atoms with Gasteiger partial charge in [0.1, 0.15) is 5.75 Å². The molecule has 0 bridgehead atoms. The fourth-order valence-electron chi connectivity index (χ4n) is 2.16. The lowest BCUT2D eigenvalue weighted by Crippen LogP contribution is -2.30. The van der Waals surface area contributed by atoms with Gasteiger partial charge < -0.3 is 19.5 Å². The second-order valence-electron chi connectivity index (χ2n) is 4.64. The van der Waals surface area contributed by atoms with Crippen molar-refractivity contribution in [3.8, 4) is 17.2 Å². The largest absolute Gasteiger partial charge is 0.491 e. The van der Waals surface area contributed by atoms with Crippen molar-refractivity contribution in [1.29, 1.82) is 0 Å². The zero-order chi connectivity index (χ0) is 13.0. The molecule has 0 saturated heterocycles. The van der Waals surface area contributed by atoms with E-state index in [2.05, 4.69) is 26.1 Å². The molecule has 1 aliphatic heterocycles. The molecule has 1 N–H and O–H groups in total. The van der Waals surface area contributed by atoms with Crippen LogP contribution in [0.1, 0.15) is 27.2 Å². The van der Waals surface area contributed by atoms with Crippen molar-refractivity contribution in [2.45, 2.75) is 39.3 Å². The van der Waals surface area contributed by atoms with Crippen LogP contribution in [0.25, 0.3) is 0 Å². The molecule has 0 radical (unpaired) electrons. The number of benzene rings is 1. The highest BCUT2D eigenvalue weighted by molar-refractivity contribution is 5.46. The van der Waals surface area contributed by atoms with Crippen LogP contribution in [0.4, 0.5) is 0 Å². The molecule has 1 aliphatic rings. The first-order valence-electron chi connectivity index (χ1n) is 6.48. The summed E-state index contributed by atoms with van der Waals surface area (Å²) in [6.07, 6.45) is 1.14. The summed E-state index contributed by atoms with van der Waals surface area (Å²) in [5, 5.41) is 3.38. The molecule has 0 aromatic heterocycles. The lowest BCUT2D eigenvalue weighted by Gasteiger charge is -2.19. The van der Waals surface area contributed by atoms with E-state index >= 15 is 0 Å². The molecule has 0 aliphatic carbocycles. The molecular weight excluding hydrogens is 230 g/mol. The SMILES string of the molecule is CCNC(C)CC(C)Oc1ccc2c(c1)OCO2. The first-order valence-corrected chi connectivity index (χ1v) is 6.48. The Kier molecular flexibility index (Phi) is 4.31. The van der Waals surface area contributed by atoms with Crippen LogP contribution >= 0.6 is 0 Å². The maximum Gasteiger partial charge on any atom is 0.231 e. The van der Waals surface area contributed by atoms with Crippen molar-refractivity contribution in [3.05, 3.63) is 18.2 Å². The fourth-order valence-corrected chi connectivity index (χ4v) is 2.16. The molecule has 4 heteroatoms. The van der Waals surface area contributed by atoms with E-state index in [9.17, 15) is 0 Å². The summed E-state index contributed by atoms with van der Waals surface area (Å²) in [6.45, 7) is 7.64. The zero-order valence-corrected chi connectivity index (χ0v) is 11.2. The molecule has 0 amide bonds. The highest BCUT2D eigenvalue weighted by atomic mass is 16.7. The molecule has 1 heterocycles. The number of hydrogen-bond donors (Lipinski definition) is 1. The normalized spacial score (nSPS) is 16.4. The van der Waals surface area contributed by atoms with E-state index in [-0.39, 0.29) is 6.10 Å². The molecule has 1 aromatic carbocycles. The lowest BCUT2D eigenvalue weighted by atomic mass is 10.1. The second-order valence-corrected chi connectivity index (χ2v) is 4.64. The van der Waals surface area contributed by atoms with Crippen LogP contribution in [-0.4, -0.2) is 25.5 Å². The van der Waals surface area contributed by atoms with Crippen LogP contribution in [-0.2, 0) is 0 Å². The maximum absolute atomic E-state index is 5.88. The third-order valence-electron chi connectivity index (χ3n) is 2.92. The molecule has 4 nitrogen and oxygen atoms in total. The average molecular weight is 251 g/mol. The van der Waals surface area contributed by atoms with Gasteiger partial charge in [-0.25, -0.2) is 0 Å². The van der Waals surface area contributed by atoms with Crippen LogP contribution in [0.5, 0.6) is 17.2 Å². The van der Waals surface area contributed by atoms with Gasteiger partial charge in [0, 0.05) is 12.1 Å². The third-order valence-corrected chi connectivity index (χ3v) is 2.92. The summed E-state index contributed by atoms with van der Waals surface area (Å²) in [7, 11) is 0. The van der Waals surface area contributed by atoms with Gasteiger partial charge in [0.05, 0.1) is 6.10 Å². The molecule has 100 valence electrons. The van der Waals surface area contributed by atoms with Gasteiger partial charge in [-0.2, -0.15) is 0 Å². The molecule has 2 rings (SSSR count). The number of rotatable bonds is 6. The van der Waals surface area contributed by atoms with Crippen LogP contribution in [0.3, 0.4) is 0 Å². The van der Waals surface area contributed by atoms with Crippen molar-refractivity contribution in [2.75, 3.05) is 13.3 Å². The molecule has 1 aromatic rings. The molecular formula is C14H21NO3. The number of nitrogens with one attached hydrogen (secondary N) is 1. The van der Waals surface area contributed by atoms with Crippen LogP contribution in [0, 0.1) is 0 Å². The predicted octanol–water partition coefficient (Wildman–Crippen LogP) is 2.57. The maximum atomic E-state index is 5.88. The Morgan fingerprint density at radius 1 is 1.28 bits per heavy atom.